The summed E-state index contributed by atoms with van der Waals surface area (Å²) in [4.78, 5) is 29.1. The van der Waals surface area contributed by atoms with Crippen molar-refractivity contribution in [3.8, 4) is 5.75 Å². The summed E-state index contributed by atoms with van der Waals surface area (Å²) in [7, 11) is 0. The van der Waals surface area contributed by atoms with E-state index in [0.717, 1.165) is 18.6 Å². The summed E-state index contributed by atoms with van der Waals surface area (Å²) >= 11 is 0. The van der Waals surface area contributed by atoms with Crippen LogP contribution in [0.3, 0.4) is 0 Å². The molecule has 1 heterocycles. The van der Waals surface area contributed by atoms with Crippen LogP contribution in [-0.2, 0) is 16.0 Å². The maximum Gasteiger partial charge on any atom is 0.238 e. The molecule has 1 aliphatic heterocycles. The first-order chi connectivity index (χ1) is 16.1. The molecule has 166 valence electrons. The van der Waals surface area contributed by atoms with Gasteiger partial charge < -0.3 is 4.74 Å². The van der Waals surface area contributed by atoms with Crippen LogP contribution in [0.2, 0.25) is 0 Å². The molecule has 0 spiro atoms. The van der Waals surface area contributed by atoms with Gasteiger partial charge in [0.05, 0.1) is 24.1 Å². The summed E-state index contributed by atoms with van der Waals surface area (Å²) in [6.07, 6.45) is 1.88. The number of amides is 2. The largest absolute Gasteiger partial charge is 0.494 e. The van der Waals surface area contributed by atoms with E-state index in [-0.39, 0.29) is 35.5 Å². The van der Waals surface area contributed by atoms with Crippen LogP contribution in [0.4, 0.5) is 5.69 Å². The van der Waals surface area contributed by atoms with Crippen LogP contribution in [0.1, 0.15) is 59.9 Å². The number of anilines is 1. The highest BCUT2D eigenvalue weighted by atomic mass is 16.5. The number of benzene rings is 3. The van der Waals surface area contributed by atoms with Crippen molar-refractivity contribution >= 4 is 17.5 Å². The van der Waals surface area contributed by atoms with Gasteiger partial charge in [-0.2, -0.15) is 0 Å². The van der Waals surface area contributed by atoms with Crippen molar-refractivity contribution in [2.24, 2.45) is 11.8 Å². The topological polar surface area (TPSA) is 46.6 Å². The van der Waals surface area contributed by atoms with Crippen molar-refractivity contribution < 1.29 is 14.3 Å². The third-order valence-corrected chi connectivity index (χ3v) is 7.58. The van der Waals surface area contributed by atoms with E-state index in [9.17, 15) is 9.59 Å². The second-order valence-electron chi connectivity index (χ2n) is 9.31. The van der Waals surface area contributed by atoms with E-state index in [1.165, 1.54) is 32.7 Å². The number of carbonyl (C=O) groups excluding carboxylic acids is 2. The summed E-state index contributed by atoms with van der Waals surface area (Å²) in [6.45, 7) is 4.86. The molecule has 3 aliphatic carbocycles. The number of rotatable bonds is 5. The molecule has 3 aromatic carbocycles. The van der Waals surface area contributed by atoms with Gasteiger partial charge in [0, 0.05) is 11.8 Å². The van der Waals surface area contributed by atoms with E-state index < -0.39 is 0 Å². The number of hydrogen-bond acceptors (Lipinski definition) is 3. The zero-order valence-corrected chi connectivity index (χ0v) is 19.0. The number of imide groups is 1. The monoisotopic (exact) mass is 437 g/mol. The van der Waals surface area contributed by atoms with Crippen LogP contribution in [0, 0.1) is 11.8 Å². The van der Waals surface area contributed by atoms with Crippen LogP contribution in [-0.4, -0.2) is 18.4 Å². The fraction of sp³-hybridized carbons (Fsp3) is 0.310. The fourth-order valence-electron chi connectivity index (χ4n) is 6.16. The lowest BCUT2D eigenvalue weighted by atomic mass is 9.55. The van der Waals surface area contributed by atoms with Gasteiger partial charge in [0.25, 0.3) is 0 Å². The van der Waals surface area contributed by atoms with Crippen LogP contribution in [0.15, 0.2) is 66.7 Å². The van der Waals surface area contributed by atoms with Gasteiger partial charge in [-0.25, -0.2) is 4.90 Å². The van der Waals surface area contributed by atoms with E-state index in [4.69, 9.17) is 4.74 Å². The Morgan fingerprint density at radius 1 is 0.758 bits per heavy atom. The zero-order chi connectivity index (χ0) is 22.7. The third-order valence-electron chi connectivity index (χ3n) is 7.58. The summed E-state index contributed by atoms with van der Waals surface area (Å²) in [5, 5.41) is 0. The Morgan fingerprint density at radius 3 is 1.97 bits per heavy atom. The highest BCUT2D eigenvalue weighted by Gasteiger charge is 2.61. The Morgan fingerprint density at radius 2 is 1.36 bits per heavy atom. The van der Waals surface area contributed by atoms with Gasteiger partial charge in [0.1, 0.15) is 5.75 Å². The molecule has 4 atom stereocenters. The predicted octanol–water partition coefficient (Wildman–Crippen LogP) is 5.43. The highest BCUT2D eigenvalue weighted by molar-refractivity contribution is 6.23. The molecule has 4 heteroatoms. The Bertz CT molecular complexity index is 1260. The summed E-state index contributed by atoms with van der Waals surface area (Å²) < 4.78 is 5.68. The Kier molecular flexibility index (Phi) is 4.65. The second-order valence-corrected chi connectivity index (χ2v) is 9.31. The molecule has 4 unspecified atom stereocenters. The molecular formula is C29H27NO3. The Balaban J connectivity index is 1.45. The first-order valence-corrected chi connectivity index (χ1v) is 12.0. The average molecular weight is 438 g/mol. The van der Waals surface area contributed by atoms with Gasteiger partial charge in [0.2, 0.25) is 11.8 Å². The molecule has 7 rings (SSSR count). The molecule has 0 N–H and O–H groups in total. The summed E-state index contributed by atoms with van der Waals surface area (Å²) in [6, 6.07) is 22.4. The lowest BCUT2D eigenvalue weighted by Gasteiger charge is -2.46. The second kappa shape index (κ2) is 7.58. The van der Waals surface area contributed by atoms with Crippen LogP contribution in [0.25, 0.3) is 0 Å². The van der Waals surface area contributed by atoms with Gasteiger partial charge >= 0.3 is 0 Å². The van der Waals surface area contributed by atoms with Crippen LogP contribution < -0.4 is 9.64 Å². The molecule has 33 heavy (non-hydrogen) atoms. The lowest BCUT2D eigenvalue weighted by Crippen LogP contribution is -2.41. The van der Waals surface area contributed by atoms with E-state index in [0.29, 0.717) is 12.3 Å². The molecule has 2 amide bonds. The molecule has 4 aliphatic rings. The molecule has 0 radical (unpaired) electrons. The van der Waals surface area contributed by atoms with E-state index in [1.54, 1.807) is 0 Å². The van der Waals surface area contributed by atoms with Crippen LogP contribution >= 0.6 is 0 Å². The Hall–Kier alpha value is -3.40. The maximum atomic E-state index is 13.8. The van der Waals surface area contributed by atoms with Crippen molar-refractivity contribution in [1.29, 1.82) is 0 Å². The number of nitrogens with zero attached hydrogens (tertiary/aromatic N) is 1. The first-order valence-electron chi connectivity index (χ1n) is 12.0. The number of hydrogen-bond donors (Lipinski definition) is 0. The average Bonchev–Trinajstić information content (AvgIpc) is 3.13. The van der Waals surface area contributed by atoms with Crippen molar-refractivity contribution in [1.82, 2.24) is 0 Å². The maximum absolute atomic E-state index is 13.8. The number of aryl methyl sites for hydroxylation is 1. The zero-order valence-electron chi connectivity index (χ0n) is 19.0. The standard InChI is InChI=1S/C29H27NO3/c1-3-15-33-19-12-10-18(11-13-19)30-28(31)26-24-20-7-5-6-8-21(20)25(27(26)29(30)32)23-16-17(4-2)9-14-22(23)24/h5-14,16,24-27H,3-4,15H2,1-2H3. The van der Waals surface area contributed by atoms with Crippen molar-refractivity contribution in [2.75, 3.05) is 11.5 Å². The van der Waals surface area contributed by atoms with Crippen molar-refractivity contribution in [2.45, 2.75) is 38.5 Å². The Labute approximate surface area is 194 Å². The molecular weight excluding hydrogens is 410 g/mol. The van der Waals surface area contributed by atoms with E-state index in [1.807, 2.05) is 36.4 Å². The van der Waals surface area contributed by atoms with Crippen LogP contribution in [0.5, 0.6) is 5.75 Å². The fourth-order valence-corrected chi connectivity index (χ4v) is 6.16. The minimum atomic E-state index is -0.354. The SMILES string of the molecule is CCCOc1ccc(N2C(=O)C3C4c5ccccc5C(c5cc(CC)ccc54)C3C2=O)cc1. The molecule has 1 fully saturated rings. The molecule has 0 aromatic heterocycles. The smallest absolute Gasteiger partial charge is 0.238 e. The van der Waals surface area contributed by atoms with E-state index in [2.05, 4.69) is 44.2 Å². The van der Waals surface area contributed by atoms with Crippen molar-refractivity contribution in [3.63, 3.8) is 0 Å². The van der Waals surface area contributed by atoms with Gasteiger partial charge in [0.15, 0.2) is 0 Å². The molecule has 2 bridgehead atoms. The highest BCUT2D eigenvalue weighted by Crippen LogP contribution is 2.61. The molecule has 0 saturated carbocycles. The minimum Gasteiger partial charge on any atom is -0.494 e. The quantitative estimate of drug-likeness (QED) is 0.500. The minimum absolute atomic E-state index is 0.0775. The van der Waals surface area contributed by atoms with Gasteiger partial charge in [-0.15, -0.1) is 0 Å². The van der Waals surface area contributed by atoms with E-state index >= 15 is 0 Å². The first kappa shape index (κ1) is 20.2. The van der Waals surface area contributed by atoms with Gasteiger partial charge in [-0.05, 0) is 64.9 Å². The summed E-state index contributed by atoms with van der Waals surface area (Å²) in [5.74, 6) is -0.270. The lowest BCUT2D eigenvalue weighted by molar-refractivity contribution is -0.122. The molecule has 4 nitrogen and oxygen atoms in total. The predicted molar refractivity (Wildman–Crippen MR) is 128 cm³/mol. The molecule has 1 saturated heterocycles. The number of carbonyl (C=O) groups is 2. The molecule has 3 aromatic rings. The van der Waals surface area contributed by atoms with Crippen molar-refractivity contribution in [3.05, 3.63) is 94.5 Å². The normalized spacial score (nSPS) is 24.5. The summed E-state index contributed by atoms with van der Waals surface area (Å²) in [5.41, 5.74) is 6.74. The third kappa shape index (κ3) is 2.83. The van der Waals surface area contributed by atoms with Gasteiger partial charge in [-0.3, -0.25) is 9.59 Å². The van der Waals surface area contributed by atoms with Gasteiger partial charge in [-0.1, -0.05) is 56.3 Å². The number of ether oxygens (including phenoxy) is 1.